The van der Waals surface area contributed by atoms with Gasteiger partial charge in [-0.3, -0.25) is 0 Å². The Morgan fingerprint density at radius 2 is 0.667 bits per heavy atom. The van der Waals surface area contributed by atoms with Crippen LogP contribution in [0.1, 0.15) is 0 Å². The molecule has 2 aromatic heterocycles. The number of hydrogen-bond donors (Lipinski definition) is 0. The summed E-state index contributed by atoms with van der Waals surface area (Å²) in [4.78, 5) is 2.35. The van der Waals surface area contributed by atoms with Gasteiger partial charge in [0.05, 0.1) is 22.1 Å². The molecule has 0 radical (unpaired) electrons. The van der Waals surface area contributed by atoms with Crippen LogP contribution in [-0.4, -0.2) is 9.13 Å². The van der Waals surface area contributed by atoms with E-state index in [0.717, 1.165) is 28.4 Å². The zero-order valence-electron chi connectivity index (χ0n) is 27.9. The van der Waals surface area contributed by atoms with E-state index in [1.807, 2.05) is 0 Å². The van der Waals surface area contributed by atoms with Crippen molar-refractivity contribution in [3.8, 4) is 22.5 Å². The summed E-state index contributed by atoms with van der Waals surface area (Å²) in [6.45, 7) is 0. The van der Waals surface area contributed by atoms with E-state index in [9.17, 15) is 0 Å². The Morgan fingerprint density at radius 1 is 0.275 bits per heavy atom. The third-order valence-electron chi connectivity index (χ3n) is 10.1. The highest BCUT2D eigenvalue weighted by atomic mass is 15.1. The summed E-state index contributed by atoms with van der Waals surface area (Å²) >= 11 is 0. The molecular weight excluding hydrogens is 619 g/mol. The van der Waals surface area contributed by atoms with E-state index in [2.05, 4.69) is 214 Å². The smallest absolute Gasteiger partial charge is 0.0561 e. The minimum Gasteiger partial charge on any atom is -0.310 e. The lowest BCUT2D eigenvalue weighted by Crippen LogP contribution is -2.10. The lowest BCUT2D eigenvalue weighted by molar-refractivity contribution is 1.18. The van der Waals surface area contributed by atoms with Crippen LogP contribution in [0.4, 0.5) is 17.1 Å². The fraction of sp³-hybridized carbons (Fsp3) is 0. The molecule has 3 nitrogen and oxygen atoms in total. The first-order valence-corrected chi connectivity index (χ1v) is 17.4. The summed E-state index contributed by atoms with van der Waals surface area (Å²) in [6.07, 6.45) is 0. The molecule has 0 bridgehead atoms. The van der Waals surface area contributed by atoms with Crippen molar-refractivity contribution >= 4 is 60.7 Å². The van der Waals surface area contributed by atoms with Crippen LogP contribution in [0.25, 0.3) is 66.1 Å². The average molecular weight is 652 g/mol. The van der Waals surface area contributed by atoms with Crippen molar-refractivity contribution < 1.29 is 0 Å². The van der Waals surface area contributed by atoms with Gasteiger partial charge in [-0.1, -0.05) is 121 Å². The fourth-order valence-electron chi connectivity index (χ4n) is 7.78. The van der Waals surface area contributed by atoms with Crippen molar-refractivity contribution in [1.29, 1.82) is 0 Å². The van der Waals surface area contributed by atoms with Gasteiger partial charge in [0, 0.05) is 50.0 Å². The third kappa shape index (κ3) is 4.82. The molecule has 0 aliphatic heterocycles. The maximum atomic E-state index is 2.38. The van der Waals surface area contributed by atoms with Crippen molar-refractivity contribution in [3.63, 3.8) is 0 Å². The number of para-hydroxylation sites is 5. The summed E-state index contributed by atoms with van der Waals surface area (Å²) in [5.74, 6) is 0. The molecule has 0 saturated carbocycles. The number of aromatic nitrogens is 2. The first-order valence-electron chi connectivity index (χ1n) is 17.4. The van der Waals surface area contributed by atoms with Gasteiger partial charge in [-0.05, 0) is 90.0 Å². The minimum atomic E-state index is 1.11. The Morgan fingerprint density at radius 3 is 1.24 bits per heavy atom. The van der Waals surface area contributed by atoms with Crippen molar-refractivity contribution in [2.75, 3.05) is 4.90 Å². The molecule has 0 unspecified atom stereocenters. The van der Waals surface area contributed by atoms with Crippen LogP contribution in [0, 0.1) is 0 Å². The number of fused-ring (bicyclic) bond motifs is 6. The monoisotopic (exact) mass is 651 g/mol. The van der Waals surface area contributed by atoms with Gasteiger partial charge in [0.1, 0.15) is 0 Å². The van der Waals surface area contributed by atoms with Crippen molar-refractivity contribution in [1.82, 2.24) is 9.13 Å². The maximum absolute atomic E-state index is 2.38. The average Bonchev–Trinajstić information content (AvgIpc) is 3.72. The molecule has 2 heterocycles. The van der Waals surface area contributed by atoms with Gasteiger partial charge in [0.15, 0.2) is 0 Å². The van der Waals surface area contributed by atoms with E-state index >= 15 is 0 Å². The summed E-state index contributed by atoms with van der Waals surface area (Å²) < 4.78 is 4.74. The van der Waals surface area contributed by atoms with Gasteiger partial charge in [0.2, 0.25) is 0 Å². The van der Waals surface area contributed by atoms with E-state index in [0.29, 0.717) is 0 Å². The molecule has 0 N–H and O–H groups in total. The molecule has 0 aliphatic rings. The summed E-state index contributed by atoms with van der Waals surface area (Å²) in [5, 5.41) is 5.04. The van der Waals surface area contributed by atoms with E-state index < -0.39 is 0 Å². The second kappa shape index (κ2) is 11.9. The van der Waals surface area contributed by atoms with Gasteiger partial charge in [-0.15, -0.1) is 0 Å². The molecule has 240 valence electrons. The van der Waals surface area contributed by atoms with Gasteiger partial charge in [-0.2, -0.15) is 0 Å². The Kier molecular flexibility index (Phi) is 6.81. The second-order valence-corrected chi connectivity index (χ2v) is 13.0. The second-order valence-electron chi connectivity index (χ2n) is 13.0. The molecule has 8 aromatic carbocycles. The van der Waals surface area contributed by atoms with Gasteiger partial charge < -0.3 is 14.0 Å². The lowest BCUT2D eigenvalue weighted by atomic mass is 10.0. The molecular formula is C48H33N3. The Balaban J connectivity index is 1.05. The molecule has 10 rings (SSSR count). The molecule has 51 heavy (non-hydrogen) atoms. The highest BCUT2D eigenvalue weighted by Crippen LogP contribution is 2.40. The Labute approximate surface area is 296 Å². The SMILES string of the molecule is c1ccc(N(c2ccc(-c3ccc(-n4c5ccccc5c5ccccc54)cc3)cc2)c2ccc3c4ccccc4n(-c4ccccc4)c3c2)cc1. The van der Waals surface area contributed by atoms with Gasteiger partial charge in [-0.25, -0.2) is 0 Å². The lowest BCUT2D eigenvalue weighted by Gasteiger charge is -2.26. The van der Waals surface area contributed by atoms with Gasteiger partial charge in [0.25, 0.3) is 0 Å². The van der Waals surface area contributed by atoms with Crippen LogP contribution >= 0.6 is 0 Å². The first-order chi connectivity index (χ1) is 25.3. The number of nitrogens with zero attached hydrogens (tertiary/aromatic N) is 3. The summed E-state index contributed by atoms with van der Waals surface area (Å²) in [6, 6.07) is 72.0. The topological polar surface area (TPSA) is 13.1 Å². The van der Waals surface area contributed by atoms with Crippen molar-refractivity contribution in [3.05, 3.63) is 200 Å². The Hall–Kier alpha value is -6.84. The fourth-order valence-corrected chi connectivity index (χ4v) is 7.78. The van der Waals surface area contributed by atoms with E-state index in [-0.39, 0.29) is 0 Å². The van der Waals surface area contributed by atoms with E-state index in [4.69, 9.17) is 0 Å². The standard InChI is InChI=1S/C48H33N3/c1-3-13-36(14-4-1)49(40-31-32-44-43-19-9-12-22-47(43)51(48(44)33-40)37-15-5-2-6-16-37)38-27-23-34(24-28-38)35-25-29-39(30-26-35)50-45-20-10-7-17-41(45)42-18-8-11-21-46(42)50/h1-33H. The normalized spacial score (nSPS) is 11.5. The molecule has 0 fully saturated rings. The number of benzene rings is 8. The predicted molar refractivity (Wildman–Crippen MR) is 215 cm³/mol. The molecule has 0 amide bonds. The molecule has 10 aromatic rings. The maximum Gasteiger partial charge on any atom is 0.0561 e. The van der Waals surface area contributed by atoms with Crippen LogP contribution in [-0.2, 0) is 0 Å². The summed E-state index contributed by atoms with van der Waals surface area (Å²) in [7, 11) is 0. The largest absolute Gasteiger partial charge is 0.310 e. The minimum absolute atomic E-state index is 1.11. The van der Waals surface area contributed by atoms with Crippen molar-refractivity contribution in [2.45, 2.75) is 0 Å². The van der Waals surface area contributed by atoms with Gasteiger partial charge >= 0.3 is 0 Å². The molecule has 0 saturated heterocycles. The predicted octanol–water partition coefficient (Wildman–Crippen LogP) is 13.0. The molecule has 0 spiro atoms. The number of rotatable bonds is 6. The van der Waals surface area contributed by atoms with Crippen LogP contribution < -0.4 is 4.90 Å². The zero-order valence-corrected chi connectivity index (χ0v) is 27.9. The molecule has 0 aliphatic carbocycles. The van der Waals surface area contributed by atoms with Crippen LogP contribution in [0.15, 0.2) is 200 Å². The first kappa shape index (κ1) is 29.1. The summed E-state index contributed by atoms with van der Waals surface area (Å²) in [5.41, 5.74) is 12.8. The Bertz CT molecular complexity index is 2770. The van der Waals surface area contributed by atoms with Crippen molar-refractivity contribution in [2.24, 2.45) is 0 Å². The molecule has 3 heteroatoms. The quantitative estimate of drug-likeness (QED) is 0.174. The third-order valence-corrected chi connectivity index (χ3v) is 10.1. The highest BCUT2D eigenvalue weighted by Gasteiger charge is 2.18. The number of anilines is 3. The van der Waals surface area contributed by atoms with Crippen LogP contribution in [0.3, 0.4) is 0 Å². The van der Waals surface area contributed by atoms with Crippen LogP contribution in [0.5, 0.6) is 0 Å². The number of hydrogen-bond acceptors (Lipinski definition) is 1. The molecule has 0 atom stereocenters. The van der Waals surface area contributed by atoms with E-state index in [1.54, 1.807) is 0 Å². The van der Waals surface area contributed by atoms with Crippen LogP contribution in [0.2, 0.25) is 0 Å². The zero-order chi connectivity index (χ0) is 33.7. The highest BCUT2D eigenvalue weighted by molar-refractivity contribution is 6.11. The van der Waals surface area contributed by atoms with E-state index in [1.165, 1.54) is 54.7 Å².